The van der Waals surface area contributed by atoms with E-state index in [1.54, 1.807) is 15.6 Å². The van der Waals surface area contributed by atoms with Crippen LogP contribution in [0.3, 0.4) is 0 Å². The van der Waals surface area contributed by atoms with Crippen molar-refractivity contribution in [3.05, 3.63) is 69.8 Å². The second-order valence-corrected chi connectivity index (χ2v) is 10.4. The predicted molar refractivity (Wildman–Crippen MR) is 140 cm³/mol. The van der Waals surface area contributed by atoms with Crippen LogP contribution in [0.25, 0.3) is 16.9 Å². The van der Waals surface area contributed by atoms with Crippen molar-refractivity contribution in [3.63, 3.8) is 0 Å². The number of rotatable bonds is 5. The minimum Gasteiger partial charge on any atom is -0.324 e. The Morgan fingerprint density at radius 3 is 2.78 bits per heavy atom. The number of hydrogen-bond donors (Lipinski definition) is 2. The number of nitriles is 1. The Kier molecular flexibility index (Phi) is 5.64. The van der Waals surface area contributed by atoms with Gasteiger partial charge in [-0.15, -0.1) is 0 Å². The average molecular weight is 483 g/mol. The molecule has 0 fully saturated rings. The van der Waals surface area contributed by atoms with E-state index in [2.05, 4.69) is 47.7 Å². The van der Waals surface area contributed by atoms with Gasteiger partial charge >= 0.3 is 0 Å². The molecule has 0 atom stereocenters. The summed E-state index contributed by atoms with van der Waals surface area (Å²) >= 11 is 0. The minimum atomic E-state index is -0.770. The zero-order chi connectivity index (χ0) is 25.7. The Labute approximate surface area is 209 Å². The third-order valence-electron chi connectivity index (χ3n) is 6.82. The van der Waals surface area contributed by atoms with Crippen LogP contribution in [0, 0.1) is 11.3 Å². The third kappa shape index (κ3) is 3.93. The second kappa shape index (κ2) is 8.57. The van der Waals surface area contributed by atoms with E-state index < -0.39 is 5.41 Å². The molecule has 0 unspecified atom stereocenters. The summed E-state index contributed by atoms with van der Waals surface area (Å²) in [5, 5.41) is 16.8. The lowest BCUT2D eigenvalue weighted by Gasteiger charge is -2.33. The normalized spacial score (nSPS) is 14.9. The summed E-state index contributed by atoms with van der Waals surface area (Å²) in [6.45, 7) is 12.2. The Morgan fingerprint density at radius 1 is 1.22 bits per heavy atom. The van der Waals surface area contributed by atoms with E-state index >= 15 is 0 Å². The number of fused-ring (bicyclic) bond motifs is 2. The molecule has 5 rings (SSSR count). The summed E-state index contributed by atoms with van der Waals surface area (Å²) in [4.78, 5) is 27.0. The Bertz CT molecular complexity index is 1570. The molecule has 184 valence electrons. The van der Waals surface area contributed by atoms with Crippen LogP contribution in [0.2, 0.25) is 0 Å². The summed E-state index contributed by atoms with van der Waals surface area (Å²) in [7, 11) is 0. The van der Waals surface area contributed by atoms with Gasteiger partial charge in [-0.1, -0.05) is 26.0 Å². The first kappa shape index (κ1) is 23.7. The van der Waals surface area contributed by atoms with Gasteiger partial charge in [-0.3, -0.25) is 4.79 Å². The molecule has 4 aromatic rings. The lowest BCUT2D eigenvalue weighted by Crippen LogP contribution is -2.38. The minimum absolute atomic E-state index is 0.0717. The Hall–Kier alpha value is -4.03. The van der Waals surface area contributed by atoms with Crippen molar-refractivity contribution >= 4 is 22.7 Å². The molecule has 4 heterocycles. The first-order valence-electron chi connectivity index (χ1n) is 12.1. The molecular formula is C27H30N8O. The van der Waals surface area contributed by atoms with Crippen molar-refractivity contribution in [1.82, 2.24) is 29.6 Å². The largest absolute Gasteiger partial charge is 0.324 e. The van der Waals surface area contributed by atoms with E-state index in [4.69, 9.17) is 9.97 Å². The smallest absolute Gasteiger partial charge is 0.278 e. The highest BCUT2D eigenvalue weighted by Gasteiger charge is 2.27. The molecule has 36 heavy (non-hydrogen) atoms. The molecule has 1 aliphatic rings. The number of benzene rings is 1. The number of anilines is 2. The molecule has 0 saturated carbocycles. The Balaban J connectivity index is 1.59. The number of pyridine rings is 1. The SMILES string of the molecule is CCn1c(=O)c2cnc(Nc3ccc4c(c3)CNCC4(C)C)nc2n1-c1cccc(C(C)(C)C#N)n1. The van der Waals surface area contributed by atoms with Gasteiger partial charge in [0, 0.05) is 36.9 Å². The molecule has 0 bridgehead atoms. The highest BCUT2D eigenvalue weighted by molar-refractivity contribution is 5.77. The molecule has 0 amide bonds. The molecule has 3 aromatic heterocycles. The maximum absolute atomic E-state index is 13.1. The topological polar surface area (TPSA) is 113 Å². The zero-order valence-corrected chi connectivity index (χ0v) is 21.3. The first-order chi connectivity index (χ1) is 17.1. The van der Waals surface area contributed by atoms with Crippen molar-refractivity contribution in [2.24, 2.45) is 0 Å². The maximum Gasteiger partial charge on any atom is 0.278 e. The lowest BCUT2D eigenvalue weighted by molar-refractivity contribution is 0.435. The quantitative estimate of drug-likeness (QED) is 0.443. The van der Waals surface area contributed by atoms with Gasteiger partial charge < -0.3 is 10.6 Å². The Morgan fingerprint density at radius 2 is 2.03 bits per heavy atom. The maximum atomic E-state index is 13.1. The monoisotopic (exact) mass is 482 g/mol. The van der Waals surface area contributed by atoms with Crippen molar-refractivity contribution in [1.29, 1.82) is 5.26 Å². The van der Waals surface area contributed by atoms with Crippen LogP contribution in [-0.2, 0) is 23.9 Å². The summed E-state index contributed by atoms with van der Waals surface area (Å²) in [5.41, 5.74) is 3.66. The highest BCUT2D eigenvalue weighted by Crippen LogP contribution is 2.32. The van der Waals surface area contributed by atoms with Gasteiger partial charge in [0.15, 0.2) is 11.5 Å². The number of aromatic nitrogens is 5. The van der Waals surface area contributed by atoms with E-state index in [1.807, 2.05) is 45.0 Å². The lowest BCUT2D eigenvalue weighted by atomic mass is 9.79. The van der Waals surface area contributed by atoms with Gasteiger partial charge in [0.25, 0.3) is 5.56 Å². The standard InChI is InChI=1S/C27H30N8O/c1-6-34-24(36)19-14-30-25(31-18-10-11-20-17(12-18)13-29-16-27(20,4)5)33-23(19)35(34)22-9-7-8-21(32-22)26(2,3)15-28/h7-12,14,29H,6,13,16H2,1-5H3,(H,30,31,33). The van der Waals surface area contributed by atoms with Gasteiger partial charge in [0.2, 0.25) is 5.95 Å². The fourth-order valence-corrected chi connectivity index (χ4v) is 4.77. The van der Waals surface area contributed by atoms with Crippen LogP contribution in [0.15, 0.2) is 47.4 Å². The highest BCUT2D eigenvalue weighted by atomic mass is 16.1. The molecule has 9 nitrogen and oxygen atoms in total. The molecule has 0 aliphatic carbocycles. The fourth-order valence-electron chi connectivity index (χ4n) is 4.77. The number of nitrogens with one attached hydrogen (secondary N) is 2. The van der Waals surface area contributed by atoms with Gasteiger partial charge in [-0.05, 0) is 56.2 Å². The predicted octanol–water partition coefficient (Wildman–Crippen LogP) is 3.92. The molecule has 9 heteroatoms. The van der Waals surface area contributed by atoms with Crippen molar-refractivity contribution in [2.75, 3.05) is 11.9 Å². The van der Waals surface area contributed by atoms with E-state index in [-0.39, 0.29) is 11.0 Å². The second-order valence-electron chi connectivity index (χ2n) is 10.4. The molecule has 1 aromatic carbocycles. The van der Waals surface area contributed by atoms with Crippen molar-refractivity contribution in [3.8, 4) is 11.9 Å². The van der Waals surface area contributed by atoms with Crippen LogP contribution in [0.1, 0.15) is 51.4 Å². The zero-order valence-electron chi connectivity index (χ0n) is 21.3. The van der Waals surface area contributed by atoms with Crippen LogP contribution >= 0.6 is 0 Å². The summed E-state index contributed by atoms with van der Waals surface area (Å²) in [6.07, 6.45) is 1.56. The third-order valence-corrected chi connectivity index (χ3v) is 6.82. The van der Waals surface area contributed by atoms with E-state index in [9.17, 15) is 10.1 Å². The number of hydrogen-bond acceptors (Lipinski definition) is 7. The molecule has 0 saturated heterocycles. The number of nitrogens with zero attached hydrogens (tertiary/aromatic N) is 6. The summed E-state index contributed by atoms with van der Waals surface area (Å²) in [6, 6.07) is 14.1. The van der Waals surface area contributed by atoms with Gasteiger partial charge in [-0.2, -0.15) is 10.2 Å². The molecular weight excluding hydrogens is 452 g/mol. The van der Waals surface area contributed by atoms with Crippen LogP contribution in [-0.4, -0.2) is 30.9 Å². The molecule has 2 N–H and O–H groups in total. The van der Waals surface area contributed by atoms with Crippen molar-refractivity contribution in [2.45, 2.75) is 58.5 Å². The van der Waals surface area contributed by atoms with Crippen LogP contribution in [0.4, 0.5) is 11.6 Å². The van der Waals surface area contributed by atoms with E-state index in [0.717, 1.165) is 18.8 Å². The van der Waals surface area contributed by atoms with Crippen LogP contribution < -0.4 is 16.2 Å². The molecule has 1 aliphatic heterocycles. The average Bonchev–Trinajstić information content (AvgIpc) is 3.14. The van der Waals surface area contributed by atoms with Gasteiger partial charge in [0.1, 0.15) is 5.39 Å². The fraction of sp³-hybridized carbons (Fsp3) is 0.370. The first-order valence-corrected chi connectivity index (χ1v) is 12.1. The van der Waals surface area contributed by atoms with Gasteiger partial charge in [0.05, 0.1) is 17.2 Å². The molecule has 0 spiro atoms. The van der Waals surface area contributed by atoms with E-state index in [0.29, 0.717) is 35.0 Å². The summed E-state index contributed by atoms with van der Waals surface area (Å²) in [5.74, 6) is 0.914. The molecule has 0 radical (unpaired) electrons. The van der Waals surface area contributed by atoms with Gasteiger partial charge in [-0.25, -0.2) is 19.3 Å². The van der Waals surface area contributed by atoms with Crippen LogP contribution in [0.5, 0.6) is 0 Å². The van der Waals surface area contributed by atoms with Crippen molar-refractivity contribution < 1.29 is 0 Å². The van der Waals surface area contributed by atoms with E-state index in [1.165, 1.54) is 11.1 Å². The summed E-state index contributed by atoms with van der Waals surface area (Å²) < 4.78 is 3.29.